The van der Waals surface area contributed by atoms with Crippen molar-refractivity contribution in [2.45, 2.75) is 11.8 Å². The van der Waals surface area contributed by atoms with Crippen molar-refractivity contribution in [3.05, 3.63) is 53.6 Å². The maximum atomic E-state index is 12.8. The highest BCUT2D eigenvalue weighted by Gasteiger charge is 2.29. The summed E-state index contributed by atoms with van der Waals surface area (Å²) in [5.74, 6) is 0.475. The van der Waals surface area contributed by atoms with Gasteiger partial charge in [0.1, 0.15) is 5.69 Å². The summed E-state index contributed by atoms with van der Waals surface area (Å²) in [4.78, 5) is 19.0. The zero-order valence-corrected chi connectivity index (χ0v) is 18.1. The Morgan fingerprint density at radius 2 is 1.90 bits per heavy atom. The van der Waals surface area contributed by atoms with Crippen molar-refractivity contribution < 1.29 is 17.6 Å². The highest BCUT2D eigenvalue weighted by Crippen LogP contribution is 2.25. The van der Waals surface area contributed by atoms with Crippen molar-refractivity contribution in [2.24, 2.45) is 0 Å². The highest BCUT2D eigenvalue weighted by molar-refractivity contribution is 7.89. The summed E-state index contributed by atoms with van der Waals surface area (Å²) in [5, 5.41) is 5.13. The summed E-state index contributed by atoms with van der Waals surface area (Å²) < 4.78 is 32.3. The number of aryl methyl sites for hydroxylation is 1. The lowest BCUT2D eigenvalue weighted by atomic mass is 10.2. The average molecular weight is 447 g/mol. The number of aromatic nitrogens is 1. The van der Waals surface area contributed by atoms with Crippen LogP contribution in [0.5, 0.6) is 0 Å². The topological polar surface area (TPSA) is 95.8 Å². The zero-order valence-electron chi connectivity index (χ0n) is 16.4. The lowest BCUT2D eigenvalue weighted by molar-refractivity contribution is -0.117. The number of rotatable bonds is 6. The molecule has 0 bridgehead atoms. The lowest BCUT2D eigenvalue weighted by Crippen LogP contribution is -2.50. The fraction of sp³-hybridized carbons (Fsp3) is 0.300. The van der Waals surface area contributed by atoms with Gasteiger partial charge in [0, 0.05) is 31.6 Å². The first-order valence-electron chi connectivity index (χ1n) is 9.50. The van der Waals surface area contributed by atoms with Crippen LogP contribution in [0.15, 0.2) is 57.4 Å². The van der Waals surface area contributed by atoms with E-state index in [1.165, 1.54) is 15.6 Å². The van der Waals surface area contributed by atoms with E-state index in [-0.39, 0.29) is 12.5 Å². The molecular weight excluding hydrogens is 424 g/mol. The normalized spacial score (nSPS) is 15.9. The van der Waals surface area contributed by atoms with Gasteiger partial charge in [0.05, 0.1) is 17.7 Å². The molecule has 10 heteroatoms. The Labute approximate surface area is 179 Å². The average Bonchev–Trinajstić information content (AvgIpc) is 3.40. The van der Waals surface area contributed by atoms with E-state index in [1.54, 1.807) is 36.6 Å². The van der Waals surface area contributed by atoms with Crippen molar-refractivity contribution in [1.82, 2.24) is 14.2 Å². The third kappa shape index (κ3) is 4.62. The molecule has 4 rings (SSSR count). The van der Waals surface area contributed by atoms with E-state index in [9.17, 15) is 13.2 Å². The molecule has 158 valence electrons. The van der Waals surface area contributed by atoms with Crippen LogP contribution >= 0.6 is 11.3 Å². The van der Waals surface area contributed by atoms with Crippen LogP contribution in [0.1, 0.15) is 5.56 Å². The Bertz CT molecular complexity index is 1100. The lowest BCUT2D eigenvalue weighted by Gasteiger charge is -2.33. The van der Waals surface area contributed by atoms with Crippen LogP contribution in [0.4, 0.5) is 5.13 Å². The molecule has 1 fully saturated rings. The summed E-state index contributed by atoms with van der Waals surface area (Å²) >= 11 is 1.33. The fourth-order valence-corrected chi connectivity index (χ4v) is 5.36. The number of carbonyl (C=O) groups is 1. The Morgan fingerprint density at radius 3 is 2.57 bits per heavy atom. The van der Waals surface area contributed by atoms with E-state index < -0.39 is 10.0 Å². The number of carbonyl (C=O) groups excluding carboxylic acids is 1. The molecule has 0 atom stereocenters. The largest absolute Gasteiger partial charge is 0.463 e. The number of furan rings is 1. The summed E-state index contributed by atoms with van der Waals surface area (Å²) in [6, 6.07) is 10.5. The van der Waals surface area contributed by atoms with Crippen molar-refractivity contribution in [1.29, 1.82) is 0 Å². The Balaban J connectivity index is 1.29. The molecule has 0 unspecified atom stereocenters. The molecule has 1 saturated heterocycles. The predicted octanol–water partition coefficient (Wildman–Crippen LogP) is 2.66. The van der Waals surface area contributed by atoms with Gasteiger partial charge in [-0.3, -0.25) is 9.69 Å². The van der Waals surface area contributed by atoms with E-state index >= 15 is 0 Å². The summed E-state index contributed by atoms with van der Waals surface area (Å²) in [6.45, 7) is 3.80. The number of piperazine rings is 1. The van der Waals surface area contributed by atoms with Crippen LogP contribution in [-0.4, -0.2) is 61.2 Å². The first-order chi connectivity index (χ1) is 14.4. The number of benzene rings is 1. The first kappa shape index (κ1) is 20.7. The third-order valence-electron chi connectivity index (χ3n) is 4.88. The van der Waals surface area contributed by atoms with Gasteiger partial charge in [-0.05, 0) is 31.2 Å². The number of nitrogens with one attached hydrogen (secondary N) is 1. The quantitative estimate of drug-likeness (QED) is 0.625. The van der Waals surface area contributed by atoms with Crippen LogP contribution < -0.4 is 5.32 Å². The molecule has 0 spiro atoms. The number of amides is 1. The van der Waals surface area contributed by atoms with E-state index in [2.05, 4.69) is 10.3 Å². The Hall–Kier alpha value is -2.53. The van der Waals surface area contributed by atoms with Gasteiger partial charge in [-0.1, -0.05) is 17.7 Å². The van der Waals surface area contributed by atoms with Crippen LogP contribution in [0.2, 0.25) is 0 Å². The van der Waals surface area contributed by atoms with E-state index in [4.69, 9.17) is 4.42 Å². The first-order valence-corrected chi connectivity index (χ1v) is 11.8. The van der Waals surface area contributed by atoms with Crippen molar-refractivity contribution >= 4 is 32.4 Å². The number of sulfonamides is 1. The second-order valence-electron chi connectivity index (χ2n) is 7.06. The molecule has 3 aromatic rings. The van der Waals surface area contributed by atoms with Crippen LogP contribution in [-0.2, 0) is 14.8 Å². The number of nitrogens with zero attached hydrogens (tertiary/aromatic N) is 3. The molecule has 3 heterocycles. The minimum atomic E-state index is -3.51. The van der Waals surface area contributed by atoms with Crippen LogP contribution in [0.3, 0.4) is 0 Å². The third-order valence-corrected chi connectivity index (χ3v) is 7.55. The van der Waals surface area contributed by atoms with Crippen molar-refractivity contribution in [3.63, 3.8) is 0 Å². The van der Waals surface area contributed by atoms with Crippen LogP contribution in [0.25, 0.3) is 11.5 Å². The van der Waals surface area contributed by atoms with Crippen molar-refractivity contribution in [2.75, 3.05) is 38.0 Å². The molecule has 1 aliphatic heterocycles. The predicted molar refractivity (Wildman–Crippen MR) is 115 cm³/mol. The minimum absolute atomic E-state index is 0.176. The summed E-state index contributed by atoms with van der Waals surface area (Å²) in [5.41, 5.74) is 1.69. The Morgan fingerprint density at radius 1 is 1.17 bits per heavy atom. The van der Waals surface area contributed by atoms with Gasteiger partial charge in [0.15, 0.2) is 10.9 Å². The SMILES string of the molecule is Cc1ccc(S(=O)(=O)N2CCN(CC(=O)Nc3nc(-c4ccco4)cs3)CC2)cc1. The molecule has 30 heavy (non-hydrogen) atoms. The number of hydrogen-bond acceptors (Lipinski definition) is 7. The van der Waals surface area contributed by atoms with Gasteiger partial charge >= 0.3 is 0 Å². The van der Waals surface area contributed by atoms with E-state index in [1.807, 2.05) is 23.3 Å². The molecule has 1 aromatic carbocycles. The summed E-state index contributed by atoms with van der Waals surface area (Å²) in [6.07, 6.45) is 1.58. The summed E-state index contributed by atoms with van der Waals surface area (Å²) in [7, 11) is -3.51. The minimum Gasteiger partial charge on any atom is -0.463 e. The standard InChI is InChI=1S/C20H22N4O4S2/c1-15-4-6-16(7-5-15)30(26,27)24-10-8-23(9-11-24)13-19(25)22-20-21-17(14-29-20)18-3-2-12-28-18/h2-7,12,14H,8-11,13H2,1H3,(H,21,22,25). The van der Waals surface area contributed by atoms with E-state index in [0.717, 1.165) is 5.56 Å². The molecular formula is C20H22N4O4S2. The van der Waals surface area contributed by atoms with Crippen molar-refractivity contribution in [3.8, 4) is 11.5 Å². The maximum Gasteiger partial charge on any atom is 0.243 e. The van der Waals surface area contributed by atoms with Gasteiger partial charge in [0.2, 0.25) is 15.9 Å². The molecule has 1 N–H and O–H groups in total. The Kier molecular flexibility index (Phi) is 6.00. The monoisotopic (exact) mass is 446 g/mol. The number of hydrogen-bond donors (Lipinski definition) is 1. The molecule has 1 aliphatic rings. The van der Waals surface area contributed by atoms with Gasteiger partial charge in [-0.15, -0.1) is 11.3 Å². The molecule has 2 aromatic heterocycles. The smallest absolute Gasteiger partial charge is 0.243 e. The molecule has 0 radical (unpaired) electrons. The van der Waals surface area contributed by atoms with Gasteiger partial charge in [-0.25, -0.2) is 13.4 Å². The molecule has 0 saturated carbocycles. The highest BCUT2D eigenvalue weighted by atomic mass is 32.2. The second kappa shape index (κ2) is 8.68. The number of thiazole rings is 1. The molecule has 1 amide bonds. The molecule has 0 aliphatic carbocycles. The maximum absolute atomic E-state index is 12.8. The number of anilines is 1. The van der Waals surface area contributed by atoms with E-state index in [0.29, 0.717) is 47.7 Å². The second-order valence-corrected chi connectivity index (χ2v) is 9.85. The van der Waals surface area contributed by atoms with Gasteiger partial charge < -0.3 is 9.73 Å². The zero-order chi connectivity index (χ0) is 21.1. The van der Waals surface area contributed by atoms with Gasteiger partial charge in [-0.2, -0.15) is 4.31 Å². The molecule has 8 nitrogen and oxygen atoms in total. The fourth-order valence-electron chi connectivity index (χ4n) is 3.22. The van der Waals surface area contributed by atoms with Crippen LogP contribution in [0, 0.1) is 6.92 Å². The van der Waals surface area contributed by atoms with Gasteiger partial charge in [0.25, 0.3) is 0 Å².